The van der Waals surface area contributed by atoms with Crippen LogP contribution in [0.5, 0.6) is 5.75 Å². The first-order chi connectivity index (χ1) is 9.90. The van der Waals surface area contributed by atoms with Gasteiger partial charge in [0.25, 0.3) is 0 Å². The van der Waals surface area contributed by atoms with Crippen LogP contribution in [0, 0.1) is 0 Å². The van der Waals surface area contributed by atoms with E-state index < -0.39 is 5.54 Å². The summed E-state index contributed by atoms with van der Waals surface area (Å²) in [5, 5.41) is 2.94. The minimum Gasteiger partial charge on any atom is -0.497 e. The zero-order valence-electron chi connectivity index (χ0n) is 14.0. The standard InChI is InChI=1S/C17H28N2O2.ClH/c1-5-11-17(3,18)16(20)19-12-10-13(2)14-6-8-15(21-4)9-7-14;/h6-9,13H,5,10-12,18H2,1-4H3,(H,19,20);1H. The molecule has 1 aromatic carbocycles. The molecule has 1 aromatic rings. The highest BCUT2D eigenvalue weighted by atomic mass is 35.5. The lowest BCUT2D eigenvalue weighted by atomic mass is 9.95. The number of benzene rings is 1. The van der Waals surface area contributed by atoms with Gasteiger partial charge in [0.15, 0.2) is 0 Å². The molecule has 0 saturated heterocycles. The molecule has 5 heteroatoms. The van der Waals surface area contributed by atoms with Gasteiger partial charge in [-0.05, 0) is 43.4 Å². The minimum absolute atomic E-state index is 0. The number of hydrogen-bond acceptors (Lipinski definition) is 3. The normalized spacial score (nSPS) is 14.4. The highest BCUT2D eigenvalue weighted by Gasteiger charge is 2.26. The Morgan fingerprint density at radius 3 is 2.45 bits per heavy atom. The average molecular weight is 329 g/mol. The molecular formula is C17H29ClN2O2. The molecule has 0 fully saturated rings. The van der Waals surface area contributed by atoms with Crippen LogP contribution in [0.4, 0.5) is 0 Å². The Labute approximate surface area is 140 Å². The van der Waals surface area contributed by atoms with Crippen molar-refractivity contribution in [2.45, 2.75) is 51.5 Å². The number of amides is 1. The Hall–Kier alpha value is -1.26. The molecule has 4 nitrogen and oxygen atoms in total. The number of methoxy groups -OCH3 is 1. The van der Waals surface area contributed by atoms with Crippen LogP contribution in [-0.2, 0) is 4.79 Å². The lowest BCUT2D eigenvalue weighted by molar-refractivity contribution is -0.126. The van der Waals surface area contributed by atoms with E-state index in [4.69, 9.17) is 10.5 Å². The fourth-order valence-electron chi connectivity index (χ4n) is 2.34. The third kappa shape index (κ3) is 6.24. The number of ether oxygens (including phenoxy) is 1. The van der Waals surface area contributed by atoms with E-state index in [0.717, 1.165) is 18.6 Å². The first-order valence-electron chi connectivity index (χ1n) is 7.62. The molecule has 0 saturated carbocycles. The molecule has 0 bridgehead atoms. The molecule has 0 aromatic heterocycles. The van der Waals surface area contributed by atoms with Crippen LogP contribution in [0.2, 0.25) is 0 Å². The van der Waals surface area contributed by atoms with Gasteiger partial charge in [0.1, 0.15) is 5.75 Å². The third-order valence-electron chi connectivity index (χ3n) is 3.84. The lowest BCUT2D eigenvalue weighted by Gasteiger charge is -2.23. The van der Waals surface area contributed by atoms with Crippen LogP contribution in [0.25, 0.3) is 0 Å². The van der Waals surface area contributed by atoms with Crippen molar-refractivity contribution in [2.24, 2.45) is 5.73 Å². The summed E-state index contributed by atoms with van der Waals surface area (Å²) in [7, 11) is 1.66. The van der Waals surface area contributed by atoms with E-state index >= 15 is 0 Å². The summed E-state index contributed by atoms with van der Waals surface area (Å²) >= 11 is 0. The summed E-state index contributed by atoms with van der Waals surface area (Å²) < 4.78 is 5.15. The summed E-state index contributed by atoms with van der Waals surface area (Å²) in [6.07, 6.45) is 2.50. The summed E-state index contributed by atoms with van der Waals surface area (Å²) in [4.78, 5) is 12.0. The molecule has 126 valence electrons. The van der Waals surface area contributed by atoms with Crippen LogP contribution in [0.15, 0.2) is 24.3 Å². The van der Waals surface area contributed by atoms with Crippen LogP contribution in [0.1, 0.15) is 51.5 Å². The van der Waals surface area contributed by atoms with Crippen LogP contribution >= 0.6 is 12.4 Å². The van der Waals surface area contributed by atoms with Crippen molar-refractivity contribution in [3.63, 3.8) is 0 Å². The number of halogens is 1. The van der Waals surface area contributed by atoms with E-state index in [2.05, 4.69) is 24.4 Å². The number of rotatable bonds is 8. The van der Waals surface area contributed by atoms with Crippen LogP contribution < -0.4 is 15.8 Å². The van der Waals surface area contributed by atoms with E-state index in [1.807, 2.05) is 19.1 Å². The Bertz CT molecular complexity index is 446. The van der Waals surface area contributed by atoms with Crippen molar-refractivity contribution in [2.75, 3.05) is 13.7 Å². The van der Waals surface area contributed by atoms with E-state index in [1.54, 1.807) is 14.0 Å². The fourth-order valence-corrected chi connectivity index (χ4v) is 2.34. The van der Waals surface area contributed by atoms with E-state index in [-0.39, 0.29) is 18.3 Å². The van der Waals surface area contributed by atoms with Crippen molar-refractivity contribution in [1.82, 2.24) is 5.32 Å². The third-order valence-corrected chi connectivity index (χ3v) is 3.84. The first kappa shape index (κ1) is 20.7. The van der Waals surface area contributed by atoms with Crippen molar-refractivity contribution in [3.05, 3.63) is 29.8 Å². The number of carbonyl (C=O) groups excluding carboxylic acids is 1. The molecule has 0 aliphatic rings. The quantitative estimate of drug-likeness (QED) is 0.770. The van der Waals surface area contributed by atoms with Gasteiger partial charge in [-0.2, -0.15) is 0 Å². The molecule has 3 N–H and O–H groups in total. The maximum Gasteiger partial charge on any atom is 0.239 e. The summed E-state index contributed by atoms with van der Waals surface area (Å²) in [6.45, 7) is 6.62. The smallest absolute Gasteiger partial charge is 0.239 e. The maximum atomic E-state index is 12.0. The Morgan fingerprint density at radius 1 is 1.36 bits per heavy atom. The van der Waals surface area contributed by atoms with Crippen LogP contribution in [0.3, 0.4) is 0 Å². The molecule has 2 atom stereocenters. The molecule has 2 unspecified atom stereocenters. The van der Waals surface area contributed by atoms with Gasteiger partial charge in [0.05, 0.1) is 12.6 Å². The van der Waals surface area contributed by atoms with Crippen LogP contribution in [-0.4, -0.2) is 25.1 Å². The van der Waals surface area contributed by atoms with E-state index in [0.29, 0.717) is 18.9 Å². The second kappa shape index (κ2) is 9.70. The monoisotopic (exact) mass is 328 g/mol. The SMILES string of the molecule is CCCC(C)(N)C(=O)NCCC(C)c1ccc(OC)cc1.Cl. The van der Waals surface area contributed by atoms with Crippen molar-refractivity contribution in [3.8, 4) is 5.75 Å². The number of hydrogen-bond donors (Lipinski definition) is 2. The predicted octanol–water partition coefficient (Wildman–Crippen LogP) is 3.24. The summed E-state index contributed by atoms with van der Waals surface area (Å²) in [5.41, 5.74) is 6.48. The van der Waals surface area contributed by atoms with Crippen molar-refractivity contribution < 1.29 is 9.53 Å². The first-order valence-corrected chi connectivity index (χ1v) is 7.62. The molecule has 1 rings (SSSR count). The van der Waals surface area contributed by atoms with Gasteiger partial charge in [-0.1, -0.05) is 32.4 Å². The summed E-state index contributed by atoms with van der Waals surface area (Å²) in [6, 6.07) is 8.05. The molecule has 0 aliphatic heterocycles. The Kier molecular flexibility index (Phi) is 9.14. The highest BCUT2D eigenvalue weighted by molar-refractivity contribution is 5.85. The lowest BCUT2D eigenvalue weighted by Crippen LogP contribution is -2.51. The number of carbonyl (C=O) groups is 1. The van der Waals surface area contributed by atoms with E-state index in [1.165, 1.54) is 5.56 Å². The Balaban J connectivity index is 0.00000441. The van der Waals surface area contributed by atoms with Gasteiger partial charge in [-0.3, -0.25) is 4.79 Å². The molecule has 0 radical (unpaired) electrons. The van der Waals surface area contributed by atoms with Gasteiger partial charge in [-0.25, -0.2) is 0 Å². The molecule has 22 heavy (non-hydrogen) atoms. The number of nitrogens with two attached hydrogens (primary N) is 1. The largest absolute Gasteiger partial charge is 0.497 e. The van der Waals surface area contributed by atoms with Gasteiger partial charge in [0, 0.05) is 6.54 Å². The van der Waals surface area contributed by atoms with E-state index in [9.17, 15) is 4.79 Å². The predicted molar refractivity (Wildman–Crippen MR) is 93.8 cm³/mol. The van der Waals surface area contributed by atoms with Crippen molar-refractivity contribution in [1.29, 1.82) is 0 Å². The topological polar surface area (TPSA) is 64.4 Å². The van der Waals surface area contributed by atoms with Gasteiger partial charge in [0.2, 0.25) is 5.91 Å². The minimum atomic E-state index is -0.766. The Morgan fingerprint density at radius 2 is 1.95 bits per heavy atom. The molecule has 0 heterocycles. The molecule has 1 amide bonds. The summed E-state index contributed by atoms with van der Waals surface area (Å²) in [5.74, 6) is 1.18. The fraction of sp³-hybridized carbons (Fsp3) is 0.588. The molecular weight excluding hydrogens is 300 g/mol. The number of nitrogens with one attached hydrogen (secondary N) is 1. The van der Waals surface area contributed by atoms with Gasteiger partial charge in [-0.15, -0.1) is 12.4 Å². The highest BCUT2D eigenvalue weighted by Crippen LogP contribution is 2.21. The molecule has 0 aliphatic carbocycles. The van der Waals surface area contributed by atoms with Gasteiger partial charge < -0.3 is 15.8 Å². The second-order valence-electron chi connectivity index (χ2n) is 5.89. The molecule has 0 spiro atoms. The zero-order chi connectivity index (χ0) is 15.9. The maximum absolute atomic E-state index is 12.0. The zero-order valence-corrected chi connectivity index (χ0v) is 14.8. The van der Waals surface area contributed by atoms with Gasteiger partial charge >= 0.3 is 0 Å². The van der Waals surface area contributed by atoms with Crippen molar-refractivity contribution >= 4 is 18.3 Å². The second-order valence-corrected chi connectivity index (χ2v) is 5.89. The average Bonchev–Trinajstić information content (AvgIpc) is 2.47.